The summed E-state index contributed by atoms with van der Waals surface area (Å²) in [5.41, 5.74) is 2.62. The van der Waals surface area contributed by atoms with Crippen molar-refractivity contribution in [1.82, 2.24) is 0 Å². The van der Waals surface area contributed by atoms with Crippen LogP contribution in [-0.4, -0.2) is 15.0 Å². The number of sulfonamides is 1. The topological polar surface area (TPSA) is 37.4 Å². The highest BCUT2D eigenvalue weighted by atomic mass is 32.2. The van der Waals surface area contributed by atoms with E-state index in [1.165, 1.54) is 4.31 Å². The van der Waals surface area contributed by atoms with Gasteiger partial charge in [-0.05, 0) is 36.4 Å². The minimum atomic E-state index is -3.74. The number of rotatable bonds is 7. The molecule has 0 heterocycles. The number of aryl methyl sites for hydroxylation is 1. The fourth-order valence-electron chi connectivity index (χ4n) is 3.18. The molecule has 0 amide bonds. The van der Waals surface area contributed by atoms with Crippen LogP contribution in [0.5, 0.6) is 0 Å². The summed E-state index contributed by atoms with van der Waals surface area (Å²) in [5.74, 6) is 0. The predicted molar refractivity (Wildman–Crippen MR) is 114 cm³/mol. The van der Waals surface area contributed by atoms with Crippen molar-refractivity contribution in [2.24, 2.45) is 0 Å². The molecule has 3 aromatic carbocycles. The average Bonchev–Trinajstić information content (AvgIpc) is 2.67. The molecule has 0 N–H and O–H groups in total. The molecule has 0 saturated heterocycles. The molecule has 0 aromatic heterocycles. The summed E-state index contributed by atoms with van der Waals surface area (Å²) < 4.78 is 28.4. The fraction of sp³-hybridized carbons (Fsp3) is 0.130. The van der Waals surface area contributed by atoms with Gasteiger partial charge in [-0.1, -0.05) is 66.2 Å². The molecular formula is C23H23NO2S. The second-order valence-electron chi connectivity index (χ2n) is 6.43. The third-order valence-electron chi connectivity index (χ3n) is 4.50. The zero-order chi connectivity index (χ0) is 19.4. The Labute approximate surface area is 161 Å². The molecule has 0 radical (unpaired) electrons. The van der Waals surface area contributed by atoms with E-state index in [4.69, 9.17) is 0 Å². The molecule has 3 nitrogen and oxygen atoms in total. The molecule has 4 heteroatoms. The number of hydrogen-bond acceptors (Lipinski definition) is 2. The first-order valence-electron chi connectivity index (χ1n) is 8.81. The van der Waals surface area contributed by atoms with E-state index in [1.54, 1.807) is 24.3 Å². The van der Waals surface area contributed by atoms with Gasteiger partial charge in [0.05, 0.1) is 17.1 Å². The summed E-state index contributed by atoms with van der Waals surface area (Å²) in [4.78, 5) is 0.271. The lowest BCUT2D eigenvalue weighted by Gasteiger charge is -2.27. The summed E-state index contributed by atoms with van der Waals surface area (Å²) in [6, 6.07) is 18.7. The van der Waals surface area contributed by atoms with Crippen molar-refractivity contribution >= 4 is 26.5 Å². The Kier molecular flexibility index (Phi) is 5.47. The van der Waals surface area contributed by atoms with Crippen LogP contribution in [0.4, 0.5) is 5.69 Å². The largest absolute Gasteiger partial charge is 0.264 e. The highest BCUT2D eigenvalue weighted by Crippen LogP contribution is 2.35. The van der Waals surface area contributed by atoms with Crippen molar-refractivity contribution in [3.8, 4) is 0 Å². The fourth-order valence-corrected chi connectivity index (χ4v) is 4.67. The number of benzene rings is 3. The van der Waals surface area contributed by atoms with Crippen LogP contribution in [0.15, 0.2) is 90.9 Å². The molecule has 0 unspecified atom stereocenters. The zero-order valence-electron chi connectivity index (χ0n) is 15.4. The van der Waals surface area contributed by atoms with Crippen LogP contribution in [0.2, 0.25) is 0 Å². The minimum absolute atomic E-state index is 0.189. The van der Waals surface area contributed by atoms with E-state index >= 15 is 0 Å². The van der Waals surface area contributed by atoms with Crippen LogP contribution in [0.3, 0.4) is 0 Å². The summed E-state index contributed by atoms with van der Waals surface area (Å²) in [6.07, 6.45) is 3.99. The highest BCUT2D eigenvalue weighted by molar-refractivity contribution is 7.92. The third kappa shape index (κ3) is 3.67. The van der Waals surface area contributed by atoms with Gasteiger partial charge in [0.25, 0.3) is 10.0 Å². The lowest BCUT2D eigenvalue weighted by atomic mass is 10.0. The van der Waals surface area contributed by atoms with Crippen LogP contribution in [0, 0.1) is 6.92 Å². The van der Waals surface area contributed by atoms with Crippen molar-refractivity contribution in [2.45, 2.75) is 18.2 Å². The summed E-state index contributed by atoms with van der Waals surface area (Å²) in [7, 11) is -3.74. The van der Waals surface area contributed by atoms with E-state index in [9.17, 15) is 8.42 Å². The molecule has 3 rings (SSSR count). The van der Waals surface area contributed by atoms with Crippen molar-refractivity contribution in [3.05, 3.63) is 97.1 Å². The molecule has 27 heavy (non-hydrogen) atoms. The Hall–Kier alpha value is -2.85. The van der Waals surface area contributed by atoms with Gasteiger partial charge in [0.15, 0.2) is 0 Å². The number of hydrogen-bond donors (Lipinski definition) is 0. The maximum absolute atomic E-state index is 13.5. The first-order chi connectivity index (χ1) is 13.0. The molecule has 0 fully saturated rings. The maximum Gasteiger partial charge on any atom is 0.264 e. The summed E-state index contributed by atoms with van der Waals surface area (Å²) in [6.45, 7) is 9.73. The third-order valence-corrected chi connectivity index (χ3v) is 6.28. The van der Waals surface area contributed by atoms with E-state index in [-0.39, 0.29) is 11.4 Å². The normalized spacial score (nSPS) is 11.3. The van der Waals surface area contributed by atoms with Gasteiger partial charge in [0.2, 0.25) is 0 Å². The van der Waals surface area contributed by atoms with Crippen molar-refractivity contribution in [2.75, 3.05) is 10.8 Å². The molecule has 0 atom stereocenters. The van der Waals surface area contributed by atoms with Gasteiger partial charge in [0.1, 0.15) is 0 Å². The van der Waals surface area contributed by atoms with E-state index in [0.29, 0.717) is 12.1 Å². The summed E-state index contributed by atoms with van der Waals surface area (Å²) in [5, 5.41) is 1.89. The van der Waals surface area contributed by atoms with Gasteiger partial charge in [-0.15, -0.1) is 13.2 Å². The second kappa shape index (κ2) is 7.80. The first-order valence-corrected chi connectivity index (χ1v) is 10.2. The quantitative estimate of drug-likeness (QED) is 0.527. The Balaban J connectivity index is 2.29. The van der Waals surface area contributed by atoms with E-state index in [2.05, 4.69) is 13.2 Å². The maximum atomic E-state index is 13.5. The van der Waals surface area contributed by atoms with Crippen molar-refractivity contribution < 1.29 is 8.42 Å². The van der Waals surface area contributed by atoms with Gasteiger partial charge in [0, 0.05) is 5.39 Å². The molecule has 0 bridgehead atoms. The smallest absolute Gasteiger partial charge is 0.262 e. The number of nitrogens with zero attached hydrogens (tertiary/aromatic N) is 1. The number of allylic oxidation sites excluding steroid dienone is 1. The van der Waals surface area contributed by atoms with E-state index < -0.39 is 10.0 Å². The molecule has 0 saturated carbocycles. The molecule has 0 aliphatic heterocycles. The number of fused-ring (bicyclic) bond motifs is 1. The monoisotopic (exact) mass is 377 g/mol. The standard InChI is InChI=1S/C23H23NO2S/c1-4-8-20-14-13-19-9-6-7-10-22(19)23(20)24(17-5-2)27(25,26)21-15-11-18(3)12-16-21/h4-7,9-16H,1-2,8,17H2,3H3. The SMILES string of the molecule is C=CCc1ccc2ccccc2c1N(CC=C)S(=O)(=O)c1ccc(C)cc1. The minimum Gasteiger partial charge on any atom is -0.262 e. The summed E-state index contributed by atoms with van der Waals surface area (Å²) >= 11 is 0. The molecule has 0 spiro atoms. The van der Waals surface area contributed by atoms with Gasteiger partial charge in [-0.3, -0.25) is 4.31 Å². The Morgan fingerprint density at radius 1 is 0.926 bits per heavy atom. The zero-order valence-corrected chi connectivity index (χ0v) is 16.2. The Bertz CT molecular complexity index is 1080. The first kappa shape index (κ1) is 18.9. The van der Waals surface area contributed by atoms with Gasteiger partial charge in [-0.25, -0.2) is 8.42 Å². The van der Waals surface area contributed by atoms with Gasteiger partial charge >= 0.3 is 0 Å². The molecule has 0 aliphatic carbocycles. The average molecular weight is 378 g/mol. The molecule has 0 aliphatic rings. The van der Waals surface area contributed by atoms with Crippen molar-refractivity contribution in [1.29, 1.82) is 0 Å². The Morgan fingerprint density at radius 3 is 2.30 bits per heavy atom. The second-order valence-corrected chi connectivity index (χ2v) is 8.29. The lowest BCUT2D eigenvalue weighted by molar-refractivity contribution is 0.593. The molecule has 3 aromatic rings. The highest BCUT2D eigenvalue weighted by Gasteiger charge is 2.27. The van der Waals surface area contributed by atoms with Gasteiger partial charge < -0.3 is 0 Å². The molecular weight excluding hydrogens is 354 g/mol. The van der Waals surface area contributed by atoms with Gasteiger partial charge in [-0.2, -0.15) is 0 Å². The van der Waals surface area contributed by atoms with Crippen LogP contribution < -0.4 is 4.31 Å². The van der Waals surface area contributed by atoms with Crippen molar-refractivity contribution in [3.63, 3.8) is 0 Å². The van der Waals surface area contributed by atoms with E-state index in [1.807, 2.05) is 55.5 Å². The van der Waals surface area contributed by atoms with E-state index in [0.717, 1.165) is 21.9 Å². The molecule has 138 valence electrons. The van der Waals surface area contributed by atoms with Crippen LogP contribution in [0.1, 0.15) is 11.1 Å². The Morgan fingerprint density at radius 2 is 1.63 bits per heavy atom. The lowest BCUT2D eigenvalue weighted by Crippen LogP contribution is -2.32. The van der Waals surface area contributed by atoms with Crippen LogP contribution in [-0.2, 0) is 16.4 Å². The number of anilines is 1. The predicted octanol–water partition coefficient (Wildman–Crippen LogP) is 5.26. The van der Waals surface area contributed by atoms with Crippen LogP contribution >= 0.6 is 0 Å². The van der Waals surface area contributed by atoms with Crippen LogP contribution in [0.25, 0.3) is 10.8 Å².